The summed E-state index contributed by atoms with van der Waals surface area (Å²) in [6.45, 7) is 5.67. The molecule has 0 fully saturated rings. The summed E-state index contributed by atoms with van der Waals surface area (Å²) in [7, 11) is 0. The van der Waals surface area contributed by atoms with E-state index in [1.54, 1.807) is 13.0 Å². The van der Waals surface area contributed by atoms with Gasteiger partial charge in [0.05, 0.1) is 0 Å². The molecule has 0 saturated carbocycles. The highest BCUT2D eigenvalue weighted by molar-refractivity contribution is 6.01. The van der Waals surface area contributed by atoms with Gasteiger partial charge in [-0.05, 0) is 24.6 Å². The van der Waals surface area contributed by atoms with Gasteiger partial charge in [0.15, 0.2) is 0 Å². The lowest BCUT2D eigenvalue weighted by Crippen LogP contribution is -2.14. The molecule has 0 aliphatic carbocycles. The zero-order valence-electron chi connectivity index (χ0n) is 11.0. The van der Waals surface area contributed by atoms with E-state index in [1.807, 2.05) is 13.8 Å². The zero-order chi connectivity index (χ0) is 14.0. The van der Waals surface area contributed by atoms with Gasteiger partial charge in [-0.15, -0.1) is 5.10 Å². The SMILES string of the molecule is Cc1ccc(F)cc1NC(=O)c1n[nH]c(C(C)C)n1. The molecular weight excluding hydrogens is 247 g/mol. The van der Waals surface area contributed by atoms with Gasteiger partial charge >= 0.3 is 0 Å². The fourth-order valence-corrected chi connectivity index (χ4v) is 1.54. The van der Waals surface area contributed by atoms with Crippen molar-refractivity contribution in [1.82, 2.24) is 15.2 Å². The lowest BCUT2D eigenvalue weighted by Gasteiger charge is -2.06. The first-order valence-electron chi connectivity index (χ1n) is 5.97. The molecule has 0 unspecified atom stereocenters. The number of hydrogen-bond donors (Lipinski definition) is 2. The molecule has 1 amide bonds. The van der Waals surface area contributed by atoms with Crippen molar-refractivity contribution in [3.8, 4) is 0 Å². The first-order chi connectivity index (χ1) is 8.97. The Bertz CT molecular complexity index is 606. The van der Waals surface area contributed by atoms with E-state index in [2.05, 4.69) is 20.5 Å². The van der Waals surface area contributed by atoms with Gasteiger partial charge < -0.3 is 5.32 Å². The lowest BCUT2D eigenvalue weighted by molar-refractivity contribution is 0.101. The number of amides is 1. The molecule has 1 heterocycles. The summed E-state index contributed by atoms with van der Waals surface area (Å²) < 4.78 is 13.1. The van der Waals surface area contributed by atoms with Crippen LogP contribution in [-0.2, 0) is 0 Å². The molecule has 0 spiro atoms. The first kappa shape index (κ1) is 13.2. The van der Waals surface area contributed by atoms with Crippen LogP contribution in [0.2, 0.25) is 0 Å². The van der Waals surface area contributed by atoms with Crippen molar-refractivity contribution >= 4 is 11.6 Å². The van der Waals surface area contributed by atoms with Crippen LogP contribution in [0, 0.1) is 12.7 Å². The van der Waals surface area contributed by atoms with Gasteiger partial charge in [-0.25, -0.2) is 9.37 Å². The van der Waals surface area contributed by atoms with E-state index < -0.39 is 11.7 Å². The number of halogens is 1. The molecule has 1 aromatic carbocycles. The second kappa shape index (κ2) is 5.17. The zero-order valence-corrected chi connectivity index (χ0v) is 11.0. The van der Waals surface area contributed by atoms with Gasteiger partial charge in [-0.3, -0.25) is 9.89 Å². The van der Waals surface area contributed by atoms with Crippen molar-refractivity contribution in [2.45, 2.75) is 26.7 Å². The van der Waals surface area contributed by atoms with Crippen LogP contribution in [0.5, 0.6) is 0 Å². The van der Waals surface area contributed by atoms with Crippen molar-refractivity contribution in [1.29, 1.82) is 0 Å². The molecule has 0 atom stereocenters. The van der Waals surface area contributed by atoms with Gasteiger partial charge in [0.2, 0.25) is 5.82 Å². The fourth-order valence-electron chi connectivity index (χ4n) is 1.54. The molecule has 100 valence electrons. The summed E-state index contributed by atoms with van der Waals surface area (Å²) in [6.07, 6.45) is 0. The molecule has 5 nitrogen and oxygen atoms in total. The second-order valence-electron chi connectivity index (χ2n) is 4.61. The van der Waals surface area contributed by atoms with Gasteiger partial charge in [-0.2, -0.15) is 0 Å². The standard InChI is InChI=1S/C13H15FN4O/c1-7(2)11-16-12(18-17-11)13(19)15-10-6-9(14)5-4-8(10)3/h4-7H,1-3H3,(H,15,19)(H,16,17,18). The number of aromatic amines is 1. The van der Waals surface area contributed by atoms with Crippen molar-refractivity contribution in [3.63, 3.8) is 0 Å². The third-order valence-electron chi connectivity index (χ3n) is 2.70. The third-order valence-corrected chi connectivity index (χ3v) is 2.70. The predicted molar refractivity (Wildman–Crippen MR) is 69.6 cm³/mol. The third kappa shape index (κ3) is 2.96. The number of rotatable bonds is 3. The van der Waals surface area contributed by atoms with Gasteiger partial charge in [0, 0.05) is 11.6 Å². The van der Waals surface area contributed by atoms with Crippen LogP contribution in [0.1, 0.15) is 41.8 Å². The van der Waals surface area contributed by atoms with Crippen LogP contribution in [0.15, 0.2) is 18.2 Å². The Kier molecular flexibility index (Phi) is 3.59. The van der Waals surface area contributed by atoms with Crippen molar-refractivity contribution < 1.29 is 9.18 Å². The maximum absolute atomic E-state index is 13.1. The molecule has 0 radical (unpaired) electrons. The highest BCUT2D eigenvalue weighted by atomic mass is 19.1. The molecular formula is C13H15FN4O. The van der Waals surface area contributed by atoms with Crippen molar-refractivity contribution in [2.24, 2.45) is 0 Å². The number of carbonyl (C=O) groups excluding carboxylic acids is 1. The number of hydrogen-bond acceptors (Lipinski definition) is 3. The van der Waals surface area contributed by atoms with Gasteiger partial charge in [0.25, 0.3) is 5.91 Å². The average Bonchev–Trinajstić information content (AvgIpc) is 2.83. The Morgan fingerprint density at radius 3 is 2.79 bits per heavy atom. The average molecular weight is 262 g/mol. The van der Waals surface area contributed by atoms with E-state index >= 15 is 0 Å². The highest BCUT2D eigenvalue weighted by Gasteiger charge is 2.15. The van der Waals surface area contributed by atoms with Crippen LogP contribution in [0.4, 0.5) is 10.1 Å². The Hall–Kier alpha value is -2.24. The maximum Gasteiger partial charge on any atom is 0.295 e. The second-order valence-corrected chi connectivity index (χ2v) is 4.61. The Morgan fingerprint density at radius 2 is 2.16 bits per heavy atom. The summed E-state index contributed by atoms with van der Waals surface area (Å²) in [5.74, 6) is -0.0194. The number of anilines is 1. The van der Waals surface area contributed by atoms with E-state index in [9.17, 15) is 9.18 Å². The minimum Gasteiger partial charge on any atom is -0.319 e. The monoisotopic (exact) mass is 262 g/mol. The molecule has 19 heavy (non-hydrogen) atoms. The fraction of sp³-hybridized carbons (Fsp3) is 0.308. The molecule has 0 aliphatic heterocycles. The molecule has 0 saturated heterocycles. The predicted octanol–water partition coefficient (Wildman–Crippen LogP) is 2.63. The molecule has 1 aromatic heterocycles. The molecule has 2 rings (SSSR count). The highest BCUT2D eigenvalue weighted by Crippen LogP contribution is 2.16. The molecule has 0 bridgehead atoms. The molecule has 2 N–H and O–H groups in total. The largest absolute Gasteiger partial charge is 0.319 e. The molecule has 2 aromatic rings. The van der Waals surface area contributed by atoms with E-state index in [0.29, 0.717) is 11.5 Å². The number of benzene rings is 1. The van der Waals surface area contributed by atoms with Crippen LogP contribution >= 0.6 is 0 Å². The van der Waals surface area contributed by atoms with Gasteiger partial charge in [-0.1, -0.05) is 19.9 Å². The normalized spacial score (nSPS) is 10.8. The Morgan fingerprint density at radius 1 is 1.42 bits per heavy atom. The summed E-state index contributed by atoms with van der Waals surface area (Å²) in [4.78, 5) is 16.0. The van der Waals surface area contributed by atoms with Crippen LogP contribution < -0.4 is 5.32 Å². The van der Waals surface area contributed by atoms with E-state index in [1.165, 1.54) is 12.1 Å². The number of aromatic nitrogens is 3. The summed E-state index contributed by atoms with van der Waals surface area (Å²) in [5.41, 5.74) is 1.19. The van der Waals surface area contributed by atoms with Crippen LogP contribution in [0.3, 0.4) is 0 Å². The summed E-state index contributed by atoms with van der Waals surface area (Å²) in [6, 6.07) is 4.21. The number of nitrogens with zero attached hydrogens (tertiary/aromatic N) is 2. The summed E-state index contributed by atoms with van der Waals surface area (Å²) >= 11 is 0. The molecule has 0 aliphatic rings. The van der Waals surface area contributed by atoms with Crippen LogP contribution in [0.25, 0.3) is 0 Å². The number of carbonyl (C=O) groups is 1. The van der Waals surface area contributed by atoms with E-state index in [4.69, 9.17) is 0 Å². The smallest absolute Gasteiger partial charge is 0.295 e. The van der Waals surface area contributed by atoms with Crippen LogP contribution in [-0.4, -0.2) is 21.1 Å². The van der Waals surface area contributed by atoms with E-state index in [0.717, 1.165) is 5.56 Å². The topological polar surface area (TPSA) is 70.7 Å². The van der Waals surface area contributed by atoms with Crippen molar-refractivity contribution in [2.75, 3.05) is 5.32 Å². The minimum absolute atomic E-state index is 0.0485. The quantitative estimate of drug-likeness (QED) is 0.893. The Balaban J connectivity index is 2.18. The molecule has 6 heteroatoms. The van der Waals surface area contributed by atoms with Gasteiger partial charge in [0.1, 0.15) is 11.6 Å². The lowest BCUT2D eigenvalue weighted by atomic mass is 10.2. The first-order valence-corrected chi connectivity index (χ1v) is 5.97. The Labute approximate surface area is 110 Å². The maximum atomic E-state index is 13.1. The number of aryl methyl sites for hydroxylation is 1. The van der Waals surface area contributed by atoms with Crippen molar-refractivity contribution in [3.05, 3.63) is 41.2 Å². The number of nitrogens with one attached hydrogen (secondary N) is 2. The number of H-pyrrole nitrogens is 1. The van der Waals surface area contributed by atoms with E-state index in [-0.39, 0.29) is 11.7 Å². The summed E-state index contributed by atoms with van der Waals surface area (Å²) in [5, 5.41) is 9.14. The minimum atomic E-state index is -0.461.